The molecule has 0 aliphatic rings. The number of nitrogens with zero attached hydrogens (tertiary/aromatic N) is 2. The Kier molecular flexibility index (Phi) is 3.95. The van der Waals surface area contributed by atoms with E-state index in [9.17, 15) is 18.0 Å². The van der Waals surface area contributed by atoms with Crippen LogP contribution in [0.15, 0.2) is 67.1 Å². The molecule has 0 saturated carbocycles. The van der Waals surface area contributed by atoms with Crippen LogP contribution in [-0.4, -0.2) is 15.4 Å². The average molecular weight is 370 g/mol. The molecule has 0 fully saturated rings. The summed E-state index contributed by atoms with van der Waals surface area (Å²) in [4.78, 5) is 16.4. The minimum Gasteiger partial charge on any atom is -0.308 e. The van der Waals surface area contributed by atoms with E-state index in [0.717, 1.165) is 28.4 Å². The molecular weight excluding hydrogens is 357 g/mol. The Bertz CT molecular complexity index is 1130. The lowest BCUT2D eigenvalue weighted by molar-refractivity contribution is -0.137. The van der Waals surface area contributed by atoms with Crippen molar-refractivity contribution < 1.29 is 18.0 Å². The van der Waals surface area contributed by atoms with Gasteiger partial charge in [0.05, 0.1) is 17.3 Å². The first-order chi connectivity index (χ1) is 12.9. The van der Waals surface area contributed by atoms with Gasteiger partial charge in [-0.15, -0.1) is 0 Å². The Balaban J connectivity index is 1.58. The number of anilines is 2. The third-order valence-corrected chi connectivity index (χ3v) is 4.14. The lowest BCUT2D eigenvalue weighted by atomic mass is 10.1. The number of rotatable bonds is 2. The van der Waals surface area contributed by atoms with Crippen molar-refractivity contribution in [1.82, 2.24) is 9.38 Å². The molecule has 0 spiro atoms. The van der Waals surface area contributed by atoms with Gasteiger partial charge >= 0.3 is 12.2 Å². The van der Waals surface area contributed by atoms with Gasteiger partial charge < -0.3 is 5.32 Å². The van der Waals surface area contributed by atoms with E-state index in [1.807, 2.05) is 24.3 Å². The zero-order valence-electron chi connectivity index (χ0n) is 13.8. The minimum absolute atomic E-state index is 0.253. The smallest absolute Gasteiger partial charge is 0.308 e. The third-order valence-electron chi connectivity index (χ3n) is 4.14. The lowest BCUT2D eigenvalue weighted by Crippen LogP contribution is -2.21. The maximum absolute atomic E-state index is 12.6. The number of halogens is 3. The lowest BCUT2D eigenvalue weighted by Gasteiger charge is -2.12. The van der Waals surface area contributed by atoms with Gasteiger partial charge in [-0.1, -0.05) is 24.3 Å². The Hall–Kier alpha value is -3.55. The van der Waals surface area contributed by atoms with Gasteiger partial charge in [-0.05, 0) is 35.7 Å². The Morgan fingerprint density at radius 3 is 2.48 bits per heavy atom. The molecule has 2 amide bonds. The number of pyridine rings is 1. The molecule has 0 aliphatic heterocycles. The first kappa shape index (κ1) is 16.9. The number of nitrogens with one attached hydrogen (secondary N) is 2. The van der Waals surface area contributed by atoms with Crippen LogP contribution in [0.25, 0.3) is 16.3 Å². The highest BCUT2D eigenvalue weighted by atomic mass is 19.4. The highest BCUT2D eigenvalue weighted by Crippen LogP contribution is 2.30. The average Bonchev–Trinajstić information content (AvgIpc) is 3.12. The van der Waals surface area contributed by atoms with E-state index in [-0.39, 0.29) is 5.69 Å². The summed E-state index contributed by atoms with van der Waals surface area (Å²) in [6.45, 7) is 0. The molecule has 136 valence electrons. The Morgan fingerprint density at radius 1 is 1.00 bits per heavy atom. The number of benzene rings is 2. The quantitative estimate of drug-likeness (QED) is 0.513. The molecule has 0 unspecified atom stereocenters. The SMILES string of the molecule is O=C(Nc1ccc(C(F)(F)F)cc1)Nc1cc2ccccc2c2cncn12. The first-order valence-electron chi connectivity index (χ1n) is 8.01. The monoisotopic (exact) mass is 370 g/mol. The summed E-state index contributed by atoms with van der Waals surface area (Å²) in [7, 11) is 0. The molecule has 0 aliphatic carbocycles. The number of carbonyl (C=O) groups excluding carboxylic acids is 1. The molecule has 0 atom stereocenters. The molecule has 2 heterocycles. The zero-order chi connectivity index (χ0) is 19.0. The largest absolute Gasteiger partial charge is 0.416 e. The third kappa shape index (κ3) is 3.29. The second-order valence-electron chi connectivity index (χ2n) is 5.92. The maximum atomic E-state index is 12.6. The van der Waals surface area contributed by atoms with Crippen molar-refractivity contribution >= 4 is 33.8 Å². The molecule has 5 nitrogen and oxygen atoms in total. The van der Waals surface area contributed by atoms with Crippen molar-refractivity contribution in [2.24, 2.45) is 0 Å². The van der Waals surface area contributed by atoms with Gasteiger partial charge in [-0.25, -0.2) is 9.78 Å². The molecule has 0 saturated heterocycles. The van der Waals surface area contributed by atoms with Gasteiger partial charge in [0.15, 0.2) is 0 Å². The summed E-state index contributed by atoms with van der Waals surface area (Å²) < 4.78 is 39.6. The van der Waals surface area contributed by atoms with Crippen LogP contribution in [0.5, 0.6) is 0 Å². The van der Waals surface area contributed by atoms with Crippen molar-refractivity contribution in [2.45, 2.75) is 6.18 Å². The highest BCUT2D eigenvalue weighted by Gasteiger charge is 2.30. The van der Waals surface area contributed by atoms with Crippen molar-refractivity contribution in [2.75, 3.05) is 10.6 Å². The second-order valence-corrected chi connectivity index (χ2v) is 5.92. The fourth-order valence-electron chi connectivity index (χ4n) is 2.88. The molecule has 0 radical (unpaired) electrons. The van der Waals surface area contributed by atoms with Crippen molar-refractivity contribution in [3.63, 3.8) is 0 Å². The fraction of sp³-hybridized carbons (Fsp3) is 0.0526. The van der Waals surface area contributed by atoms with E-state index in [2.05, 4.69) is 15.6 Å². The van der Waals surface area contributed by atoms with Crippen LogP contribution in [-0.2, 0) is 6.18 Å². The number of amides is 2. The number of hydrogen-bond acceptors (Lipinski definition) is 2. The van der Waals surface area contributed by atoms with Crippen LogP contribution in [0.3, 0.4) is 0 Å². The topological polar surface area (TPSA) is 58.4 Å². The number of fused-ring (bicyclic) bond motifs is 3. The van der Waals surface area contributed by atoms with E-state index >= 15 is 0 Å². The van der Waals surface area contributed by atoms with Gasteiger partial charge in [0.25, 0.3) is 0 Å². The number of carbonyl (C=O) groups is 1. The highest BCUT2D eigenvalue weighted by molar-refractivity contribution is 6.03. The van der Waals surface area contributed by atoms with Gasteiger partial charge in [0.2, 0.25) is 0 Å². The molecule has 4 rings (SSSR count). The molecular formula is C19H13F3N4O. The number of imidazole rings is 1. The fourth-order valence-corrected chi connectivity index (χ4v) is 2.88. The second kappa shape index (κ2) is 6.31. The summed E-state index contributed by atoms with van der Waals surface area (Å²) in [5.41, 5.74) is 0.309. The predicted octanol–water partition coefficient (Wildman–Crippen LogP) is 5.15. The molecule has 4 aromatic rings. The van der Waals surface area contributed by atoms with Gasteiger partial charge in [-0.2, -0.15) is 13.2 Å². The molecule has 8 heteroatoms. The van der Waals surface area contributed by atoms with Crippen molar-refractivity contribution in [1.29, 1.82) is 0 Å². The minimum atomic E-state index is -4.42. The van der Waals surface area contributed by atoms with Crippen LogP contribution in [0.4, 0.5) is 29.5 Å². The summed E-state index contributed by atoms with van der Waals surface area (Å²) >= 11 is 0. The Labute approximate surface area is 151 Å². The van der Waals surface area contributed by atoms with E-state index in [1.165, 1.54) is 12.1 Å². The van der Waals surface area contributed by atoms with E-state index in [4.69, 9.17) is 0 Å². The molecule has 2 N–H and O–H groups in total. The first-order valence-corrected chi connectivity index (χ1v) is 8.01. The maximum Gasteiger partial charge on any atom is 0.416 e. The predicted molar refractivity (Wildman–Crippen MR) is 96.8 cm³/mol. The summed E-state index contributed by atoms with van der Waals surface area (Å²) in [5.74, 6) is 0.491. The van der Waals surface area contributed by atoms with Gasteiger partial charge in [-0.3, -0.25) is 9.72 Å². The number of alkyl halides is 3. The molecule has 27 heavy (non-hydrogen) atoms. The van der Waals surface area contributed by atoms with Crippen LogP contribution >= 0.6 is 0 Å². The van der Waals surface area contributed by atoms with Gasteiger partial charge in [0.1, 0.15) is 12.1 Å². The van der Waals surface area contributed by atoms with E-state index < -0.39 is 17.8 Å². The van der Waals surface area contributed by atoms with Crippen LogP contribution < -0.4 is 10.6 Å². The molecule has 0 bridgehead atoms. The summed E-state index contributed by atoms with van der Waals surface area (Å²) in [5, 5.41) is 7.15. The van der Waals surface area contributed by atoms with E-state index in [1.54, 1.807) is 23.0 Å². The Morgan fingerprint density at radius 2 is 1.74 bits per heavy atom. The standard InChI is InChI=1S/C19H13F3N4O/c20-19(21,22)13-5-7-14(8-6-13)24-18(27)25-17-9-12-3-1-2-4-15(12)16-10-23-11-26(16)17/h1-11H,(H2,24,25,27). The molecule has 2 aromatic heterocycles. The number of hydrogen-bond donors (Lipinski definition) is 2. The molecule has 2 aromatic carbocycles. The van der Waals surface area contributed by atoms with Crippen LogP contribution in [0.2, 0.25) is 0 Å². The normalized spacial score (nSPS) is 11.7. The zero-order valence-corrected chi connectivity index (χ0v) is 13.8. The number of urea groups is 1. The summed E-state index contributed by atoms with van der Waals surface area (Å²) in [6, 6.07) is 13.2. The van der Waals surface area contributed by atoms with Crippen molar-refractivity contribution in [3.8, 4) is 0 Å². The van der Waals surface area contributed by atoms with Crippen LogP contribution in [0.1, 0.15) is 5.56 Å². The van der Waals surface area contributed by atoms with Crippen LogP contribution in [0, 0.1) is 0 Å². The van der Waals surface area contributed by atoms with Crippen molar-refractivity contribution in [3.05, 3.63) is 72.7 Å². The van der Waals surface area contributed by atoms with Gasteiger partial charge in [0, 0.05) is 11.1 Å². The van der Waals surface area contributed by atoms with E-state index in [0.29, 0.717) is 5.82 Å². The number of aromatic nitrogens is 2. The summed E-state index contributed by atoms with van der Waals surface area (Å²) in [6.07, 6.45) is -1.14.